The summed E-state index contributed by atoms with van der Waals surface area (Å²) in [5, 5.41) is 3.34. The van der Waals surface area contributed by atoms with Crippen molar-refractivity contribution in [3.05, 3.63) is 0 Å². The molecule has 11 heavy (non-hydrogen) atoms. The lowest BCUT2D eigenvalue weighted by Crippen LogP contribution is -2.59. The van der Waals surface area contributed by atoms with Crippen LogP contribution >= 0.6 is 0 Å². The third kappa shape index (κ3) is 1.17. The molecule has 3 nitrogen and oxygen atoms in total. The third-order valence-electron chi connectivity index (χ3n) is 2.67. The van der Waals surface area contributed by atoms with Crippen LogP contribution in [0.1, 0.15) is 20.3 Å². The lowest BCUT2D eigenvalue weighted by atomic mass is 10.0. The summed E-state index contributed by atoms with van der Waals surface area (Å²) in [4.78, 5) is 2.35. The Hall–Kier alpha value is -0.120. The predicted octanol–water partition coefficient (Wildman–Crippen LogP) is 0.374. The molecule has 1 N–H and O–H groups in total. The molecule has 2 heterocycles. The van der Waals surface area contributed by atoms with Gasteiger partial charge in [0.15, 0.2) is 0 Å². The van der Waals surface area contributed by atoms with E-state index in [0.717, 1.165) is 19.8 Å². The number of nitrogens with one attached hydrogen (secondary N) is 1. The van der Waals surface area contributed by atoms with E-state index in [4.69, 9.17) is 4.74 Å². The Labute approximate surface area is 67.7 Å². The van der Waals surface area contributed by atoms with Crippen molar-refractivity contribution >= 4 is 0 Å². The lowest BCUT2D eigenvalue weighted by molar-refractivity contribution is -0.0689. The topological polar surface area (TPSA) is 24.5 Å². The first-order chi connectivity index (χ1) is 5.22. The smallest absolute Gasteiger partial charge is 0.135 e. The van der Waals surface area contributed by atoms with Crippen LogP contribution in [0, 0.1) is 0 Å². The van der Waals surface area contributed by atoms with Gasteiger partial charge in [-0.05, 0) is 13.8 Å². The molecule has 2 rings (SSSR count). The highest BCUT2D eigenvalue weighted by Gasteiger charge is 2.44. The molecule has 2 saturated heterocycles. The largest absolute Gasteiger partial charge is 0.344 e. The normalized spacial score (nSPS) is 38.5. The fourth-order valence-corrected chi connectivity index (χ4v) is 1.62. The molecule has 0 radical (unpaired) electrons. The van der Waals surface area contributed by atoms with Crippen LogP contribution in [0.2, 0.25) is 0 Å². The van der Waals surface area contributed by atoms with Crippen LogP contribution in [0.25, 0.3) is 0 Å². The fourth-order valence-electron chi connectivity index (χ4n) is 1.62. The van der Waals surface area contributed by atoms with Crippen molar-refractivity contribution in [2.24, 2.45) is 0 Å². The highest BCUT2D eigenvalue weighted by molar-refractivity contribution is 4.94. The van der Waals surface area contributed by atoms with Crippen LogP contribution in [0.15, 0.2) is 0 Å². The molecule has 0 unspecified atom stereocenters. The van der Waals surface area contributed by atoms with Gasteiger partial charge in [-0.3, -0.25) is 10.2 Å². The first-order valence-corrected chi connectivity index (χ1v) is 4.35. The molecule has 0 aliphatic carbocycles. The summed E-state index contributed by atoms with van der Waals surface area (Å²) in [5.74, 6) is 0. The van der Waals surface area contributed by atoms with Crippen LogP contribution in [0.5, 0.6) is 0 Å². The van der Waals surface area contributed by atoms with Gasteiger partial charge in [0.2, 0.25) is 0 Å². The van der Waals surface area contributed by atoms with Crippen LogP contribution in [0.3, 0.4) is 0 Å². The summed E-state index contributed by atoms with van der Waals surface area (Å²) in [6.45, 7) is 7.39. The number of hydrogen-bond donors (Lipinski definition) is 1. The zero-order valence-corrected chi connectivity index (χ0v) is 7.26. The summed E-state index contributed by atoms with van der Waals surface area (Å²) in [7, 11) is 0. The Kier molecular flexibility index (Phi) is 1.67. The molecule has 3 heteroatoms. The Bertz CT molecular complexity index is 154. The van der Waals surface area contributed by atoms with E-state index >= 15 is 0 Å². The maximum atomic E-state index is 5.67. The molecule has 0 bridgehead atoms. The number of ether oxygens (including phenoxy) is 1. The van der Waals surface area contributed by atoms with Gasteiger partial charge in [0, 0.05) is 25.6 Å². The van der Waals surface area contributed by atoms with Crippen molar-refractivity contribution in [2.45, 2.75) is 32.0 Å². The van der Waals surface area contributed by atoms with Crippen LogP contribution in [-0.2, 0) is 4.74 Å². The standard InChI is InChI=1S/C8H16N2O/c1-7(2)10-5-8(11-6-10)3-4-9-8/h7,9H,3-6H2,1-2H3/t8-/m1/s1. The van der Waals surface area contributed by atoms with Gasteiger partial charge in [-0.1, -0.05) is 0 Å². The SMILES string of the molecule is CC(C)N1CO[C@]2(CCN2)C1. The number of nitrogens with zero attached hydrogens (tertiary/aromatic N) is 1. The zero-order valence-electron chi connectivity index (χ0n) is 7.26. The summed E-state index contributed by atoms with van der Waals surface area (Å²) in [6.07, 6.45) is 1.18. The first-order valence-electron chi connectivity index (χ1n) is 4.35. The highest BCUT2D eigenvalue weighted by atomic mass is 16.5. The van der Waals surface area contributed by atoms with Crippen molar-refractivity contribution in [1.82, 2.24) is 10.2 Å². The van der Waals surface area contributed by atoms with Gasteiger partial charge in [-0.2, -0.15) is 0 Å². The van der Waals surface area contributed by atoms with Crippen molar-refractivity contribution in [3.63, 3.8) is 0 Å². The van der Waals surface area contributed by atoms with Crippen molar-refractivity contribution in [3.8, 4) is 0 Å². The van der Waals surface area contributed by atoms with Crippen molar-refractivity contribution < 1.29 is 4.74 Å². The molecular formula is C8H16N2O. The lowest BCUT2D eigenvalue weighted by Gasteiger charge is -2.38. The van der Waals surface area contributed by atoms with Gasteiger partial charge in [-0.25, -0.2) is 0 Å². The molecule has 2 aliphatic heterocycles. The summed E-state index contributed by atoms with van der Waals surface area (Å²) < 4.78 is 5.67. The quantitative estimate of drug-likeness (QED) is 0.594. The molecule has 0 aromatic rings. The molecule has 64 valence electrons. The second-order valence-electron chi connectivity index (χ2n) is 3.79. The van der Waals surface area contributed by atoms with Gasteiger partial charge < -0.3 is 4.74 Å². The van der Waals surface area contributed by atoms with Crippen molar-refractivity contribution in [2.75, 3.05) is 19.8 Å². The third-order valence-corrected chi connectivity index (χ3v) is 2.67. The molecule has 2 fully saturated rings. The Morgan fingerprint density at radius 3 is 2.55 bits per heavy atom. The van der Waals surface area contributed by atoms with Gasteiger partial charge in [0.05, 0.1) is 0 Å². The van der Waals surface area contributed by atoms with E-state index < -0.39 is 0 Å². The maximum Gasteiger partial charge on any atom is 0.135 e. The zero-order chi connectivity index (χ0) is 7.90. The van der Waals surface area contributed by atoms with E-state index in [2.05, 4.69) is 24.1 Å². The minimum absolute atomic E-state index is 0.0459. The van der Waals surface area contributed by atoms with E-state index in [-0.39, 0.29) is 5.72 Å². The molecule has 0 aromatic carbocycles. The minimum Gasteiger partial charge on any atom is -0.344 e. The van der Waals surface area contributed by atoms with E-state index in [1.165, 1.54) is 6.42 Å². The Morgan fingerprint density at radius 2 is 2.27 bits per heavy atom. The summed E-state index contributed by atoms with van der Waals surface area (Å²) in [5.41, 5.74) is 0.0459. The molecule has 1 atom stereocenters. The van der Waals surface area contributed by atoms with Crippen LogP contribution in [-0.4, -0.2) is 36.5 Å². The average molecular weight is 156 g/mol. The Morgan fingerprint density at radius 1 is 1.55 bits per heavy atom. The molecular weight excluding hydrogens is 140 g/mol. The molecule has 0 amide bonds. The average Bonchev–Trinajstić information content (AvgIpc) is 2.28. The fraction of sp³-hybridized carbons (Fsp3) is 1.00. The van der Waals surface area contributed by atoms with E-state index in [0.29, 0.717) is 6.04 Å². The summed E-state index contributed by atoms with van der Waals surface area (Å²) in [6, 6.07) is 0.608. The summed E-state index contributed by atoms with van der Waals surface area (Å²) >= 11 is 0. The number of hydrogen-bond acceptors (Lipinski definition) is 3. The second-order valence-corrected chi connectivity index (χ2v) is 3.79. The van der Waals surface area contributed by atoms with Gasteiger partial charge in [0.1, 0.15) is 12.5 Å². The highest BCUT2D eigenvalue weighted by Crippen LogP contribution is 2.28. The molecule has 1 spiro atoms. The molecule has 2 aliphatic rings. The van der Waals surface area contributed by atoms with Gasteiger partial charge in [0.25, 0.3) is 0 Å². The van der Waals surface area contributed by atoms with E-state index in [9.17, 15) is 0 Å². The first kappa shape index (κ1) is 7.53. The minimum atomic E-state index is 0.0459. The maximum absolute atomic E-state index is 5.67. The van der Waals surface area contributed by atoms with E-state index in [1.807, 2.05) is 0 Å². The van der Waals surface area contributed by atoms with E-state index in [1.54, 1.807) is 0 Å². The second kappa shape index (κ2) is 2.44. The van der Waals surface area contributed by atoms with Crippen molar-refractivity contribution in [1.29, 1.82) is 0 Å². The predicted molar refractivity (Wildman–Crippen MR) is 43.1 cm³/mol. The molecule has 0 saturated carbocycles. The monoisotopic (exact) mass is 156 g/mol. The van der Waals surface area contributed by atoms with Gasteiger partial charge >= 0.3 is 0 Å². The Balaban J connectivity index is 1.93. The van der Waals surface area contributed by atoms with Crippen LogP contribution in [0.4, 0.5) is 0 Å². The molecule has 0 aromatic heterocycles. The van der Waals surface area contributed by atoms with Crippen LogP contribution < -0.4 is 5.32 Å². The van der Waals surface area contributed by atoms with Gasteiger partial charge in [-0.15, -0.1) is 0 Å². The number of rotatable bonds is 1.